The van der Waals surface area contributed by atoms with Gasteiger partial charge in [0.2, 0.25) is 5.91 Å². The van der Waals surface area contributed by atoms with E-state index >= 15 is 0 Å². The molecular weight excluding hydrogens is 358 g/mol. The zero-order chi connectivity index (χ0) is 21.0. The fourth-order valence-electron chi connectivity index (χ4n) is 5.23. The number of aromatic nitrogens is 2. The van der Waals surface area contributed by atoms with Gasteiger partial charge in [0.25, 0.3) is 0 Å². The second kappa shape index (κ2) is 6.93. The van der Waals surface area contributed by atoms with Gasteiger partial charge >= 0.3 is 0 Å². The quantitative estimate of drug-likeness (QED) is 0.727. The van der Waals surface area contributed by atoms with Crippen molar-refractivity contribution < 1.29 is 4.79 Å². The molecule has 4 rings (SSSR count). The van der Waals surface area contributed by atoms with Crippen molar-refractivity contribution in [1.29, 1.82) is 0 Å². The van der Waals surface area contributed by atoms with Gasteiger partial charge in [-0.15, -0.1) is 0 Å². The van der Waals surface area contributed by atoms with Crippen molar-refractivity contribution in [3.63, 3.8) is 0 Å². The SMILES string of the molecule is Cc1cccc(-c2cnc(C)nc2[C@H]2CCCN(C(=O)C3C(C)(C)C3(C)C)C2)c1. The van der Waals surface area contributed by atoms with Crippen molar-refractivity contribution in [2.75, 3.05) is 13.1 Å². The van der Waals surface area contributed by atoms with Crippen LogP contribution in [0, 0.1) is 30.6 Å². The molecule has 1 aromatic carbocycles. The van der Waals surface area contributed by atoms with Gasteiger partial charge in [0, 0.05) is 36.7 Å². The molecule has 154 valence electrons. The average Bonchev–Trinajstić information content (AvgIpc) is 3.09. The fraction of sp³-hybridized carbons (Fsp3) is 0.560. The van der Waals surface area contributed by atoms with E-state index in [0.717, 1.165) is 48.6 Å². The molecule has 29 heavy (non-hydrogen) atoms. The lowest BCUT2D eigenvalue weighted by Gasteiger charge is -2.34. The van der Waals surface area contributed by atoms with Crippen molar-refractivity contribution in [3.8, 4) is 11.1 Å². The monoisotopic (exact) mass is 391 g/mol. The van der Waals surface area contributed by atoms with Crippen LogP contribution < -0.4 is 0 Å². The molecule has 2 fully saturated rings. The standard InChI is InChI=1S/C25H33N3O/c1-16-9-7-10-18(13-16)20-14-26-17(2)27-21(20)19-11-8-12-28(15-19)23(29)22-24(3,4)25(22,5)6/h7,9-10,13-14,19,22H,8,11-12,15H2,1-6H3/t19-/m0/s1. The maximum atomic E-state index is 13.3. The number of nitrogens with zero attached hydrogens (tertiary/aromatic N) is 3. The number of piperidine rings is 1. The predicted molar refractivity (Wildman–Crippen MR) is 117 cm³/mol. The topological polar surface area (TPSA) is 46.1 Å². The van der Waals surface area contributed by atoms with Crippen LogP contribution >= 0.6 is 0 Å². The maximum Gasteiger partial charge on any atom is 0.226 e. The molecule has 0 unspecified atom stereocenters. The Morgan fingerprint density at radius 3 is 2.52 bits per heavy atom. The Morgan fingerprint density at radius 1 is 1.14 bits per heavy atom. The van der Waals surface area contributed by atoms with E-state index in [9.17, 15) is 4.79 Å². The van der Waals surface area contributed by atoms with E-state index in [4.69, 9.17) is 4.98 Å². The molecule has 1 aliphatic carbocycles. The third-order valence-corrected chi connectivity index (χ3v) is 7.66. The van der Waals surface area contributed by atoms with Crippen molar-refractivity contribution in [2.24, 2.45) is 16.7 Å². The summed E-state index contributed by atoms with van der Waals surface area (Å²) >= 11 is 0. The van der Waals surface area contributed by atoms with Crippen LogP contribution in [0.15, 0.2) is 30.5 Å². The largest absolute Gasteiger partial charge is 0.342 e. The number of carbonyl (C=O) groups is 1. The van der Waals surface area contributed by atoms with Crippen LogP contribution in [0.3, 0.4) is 0 Å². The molecule has 1 aromatic heterocycles. The molecule has 4 heteroatoms. The van der Waals surface area contributed by atoms with E-state index in [2.05, 4.69) is 68.8 Å². The van der Waals surface area contributed by atoms with Gasteiger partial charge in [-0.25, -0.2) is 9.97 Å². The van der Waals surface area contributed by atoms with E-state index in [0.29, 0.717) is 5.91 Å². The highest BCUT2D eigenvalue weighted by Crippen LogP contribution is 2.68. The Morgan fingerprint density at radius 2 is 1.86 bits per heavy atom. The summed E-state index contributed by atoms with van der Waals surface area (Å²) in [5, 5.41) is 0. The zero-order valence-electron chi connectivity index (χ0n) is 18.6. The Labute approximate surface area is 174 Å². The molecule has 1 atom stereocenters. The summed E-state index contributed by atoms with van der Waals surface area (Å²) in [4.78, 5) is 24.8. The second-order valence-corrected chi connectivity index (χ2v) is 10.1. The first kappa shape index (κ1) is 20.1. The van der Waals surface area contributed by atoms with Gasteiger partial charge in [0.05, 0.1) is 5.69 Å². The van der Waals surface area contributed by atoms with Gasteiger partial charge in [-0.05, 0) is 43.1 Å². The maximum absolute atomic E-state index is 13.3. The first-order valence-electron chi connectivity index (χ1n) is 10.8. The van der Waals surface area contributed by atoms with E-state index in [1.807, 2.05) is 13.1 Å². The van der Waals surface area contributed by atoms with Gasteiger partial charge in [-0.1, -0.05) is 57.5 Å². The van der Waals surface area contributed by atoms with E-state index in [1.165, 1.54) is 5.56 Å². The van der Waals surface area contributed by atoms with Crippen molar-refractivity contribution in [3.05, 3.63) is 47.5 Å². The Kier molecular flexibility index (Phi) is 4.79. The lowest BCUT2D eigenvalue weighted by molar-refractivity contribution is -0.135. The first-order chi connectivity index (χ1) is 13.6. The van der Waals surface area contributed by atoms with Crippen molar-refractivity contribution in [2.45, 2.75) is 60.3 Å². The highest BCUT2D eigenvalue weighted by atomic mass is 16.2. The van der Waals surface area contributed by atoms with E-state index in [1.54, 1.807) is 0 Å². The van der Waals surface area contributed by atoms with Gasteiger partial charge in [0.1, 0.15) is 5.82 Å². The van der Waals surface area contributed by atoms with Crippen LogP contribution in [0.4, 0.5) is 0 Å². The summed E-state index contributed by atoms with van der Waals surface area (Å²) in [5.41, 5.74) is 4.74. The van der Waals surface area contributed by atoms with Crippen LogP contribution in [0.25, 0.3) is 11.1 Å². The molecule has 0 radical (unpaired) electrons. The highest BCUT2D eigenvalue weighted by molar-refractivity contribution is 5.84. The minimum atomic E-state index is 0.0786. The molecule has 0 N–H and O–H groups in total. The molecule has 1 amide bonds. The molecule has 2 heterocycles. The van der Waals surface area contributed by atoms with Gasteiger partial charge < -0.3 is 4.90 Å². The van der Waals surface area contributed by atoms with Crippen molar-refractivity contribution >= 4 is 5.91 Å². The Balaban J connectivity index is 1.62. The molecule has 1 saturated heterocycles. The predicted octanol–water partition coefficient (Wildman–Crippen LogP) is 5.15. The summed E-state index contributed by atoms with van der Waals surface area (Å²) in [6, 6.07) is 8.52. The van der Waals surface area contributed by atoms with Gasteiger partial charge in [-0.3, -0.25) is 4.79 Å². The lowest BCUT2D eigenvalue weighted by atomic mass is 9.89. The van der Waals surface area contributed by atoms with Gasteiger partial charge in [-0.2, -0.15) is 0 Å². The minimum absolute atomic E-state index is 0.0786. The highest BCUT2D eigenvalue weighted by Gasteiger charge is 2.68. The van der Waals surface area contributed by atoms with Crippen LogP contribution in [0.1, 0.15) is 63.5 Å². The molecule has 2 aliphatic rings. The minimum Gasteiger partial charge on any atom is -0.342 e. The number of rotatable bonds is 3. The molecule has 1 aliphatic heterocycles. The van der Waals surface area contributed by atoms with E-state index < -0.39 is 0 Å². The number of hydrogen-bond donors (Lipinski definition) is 0. The summed E-state index contributed by atoms with van der Waals surface area (Å²) in [6.07, 6.45) is 4.05. The van der Waals surface area contributed by atoms with Crippen LogP contribution in [-0.2, 0) is 4.79 Å². The first-order valence-corrected chi connectivity index (χ1v) is 10.8. The molecule has 2 aromatic rings. The van der Waals surface area contributed by atoms with Crippen LogP contribution in [0.5, 0.6) is 0 Å². The zero-order valence-corrected chi connectivity index (χ0v) is 18.6. The normalized spacial score (nSPS) is 23.1. The third-order valence-electron chi connectivity index (χ3n) is 7.66. The summed E-state index contributed by atoms with van der Waals surface area (Å²) < 4.78 is 0. The van der Waals surface area contributed by atoms with Crippen LogP contribution in [0.2, 0.25) is 0 Å². The fourth-order valence-corrected chi connectivity index (χ4v) is 5.23. The number of likely N-dealkylation sites (tertiary alicyclic amines) is 1. The number of hydrogen-bond acceptors (Lipinski definition) is 3. The lowest BCUT2D eigenvalue weighted by Crippen LogP contribution is -2.41. The third kappa shape index (κ3) is 3.37. The van der Waals surface area contributed by atoms with E-state index in [-0.39, 0.29) is 22.7 Å². The Bertz CT molecular complexity index is 933. The molecule has 0 bridgehead atoms. The number of carbonyl (C=O) groups excluding carboxylic acids is 1. The summed E-state index contributed by atoms with van der Waals surface area (Å²) in [6.45, 7) is 14.6. The Hall–Kier alpha value is -2.23. The molecule has 4 nitrogen and oxygen atoms in total. The van der Waals surface area contributed by atoms with Crippen LogP contribution in [-0.4, -0.2) is 33.9 Å². The van der Waals surface area contributed by atoms with Gasteiger partial charge in [0.15, 0.2) is 0 Å². The summed E-state index contributed by atoms with van der Waals surface area (Å²) in [7, 11) is 0. The molecule has 1 saturated carbocycles. The van der Waals surface area contributed by atoms with Crippen molar-refractivity contribution in [1.82, 2.24) is 14.9 Å². The number of aryl methyl sites for hydroxylation is 2. The average molecular weight is 392 g/mol. The number of benzene rings is 1. The molecular formula is C25H33N3O. The number of amides is 1. The summed E-state index contributed by atoms with van der Waals surface area (Å²) in [5.74, 6) is 1.50. The molecule has 0 spiro atoms. The second-order valence-electron chi connectivity index (χ2n) is 10.1. The smallest absolute Gasteiger partial charge is 0.226 e.